The maximum atomic E-state index is 11.9. The second-order valence-electron chi connectivity index (χ2n) is 3.94. The Morgan fingerprint density at radius 2 is 2.25 bits per heavy atom. The molecule has 0 spiro atoms. The van der Waals surface area contributed by atoms with Crippen LogP contribution in [0, 0.1) is 0 Å². The monoisotopic (exact) mass is 220 g/mol. The van der Waals surface area contributed by atoms with Crippen LogP contribution in [0.4, 0.5) is 0 Å². The number of methoxy groups -OCH3 is 1. The average molecular weight is 220 g/mol. The number of aromatic nitrogens is 1. The molecule has 0 saturated carbocycles. The van der Waals surface area contributed by atoms with Crippen molar-refractivity contribution in [1.29, 1.82) is 0 Å². The van der Waals surface area contributed by atoms with Crippen molar-refractivity contribution in [2.45, 2.75) is 19.3 Å². The quantitative estimate of drug-likeness (QED) is 0.770. The third-order valence-electron chi connectivity index (χ3n) is 2.84. The fraction of sp³-hybridized carbons (Fsp3) is 0.500. The van der Waals surface area contributed by atoms with E-state index in [4.69, 9.17) is 4.74 Å². The summed E-state index contributed by atoms with van der Waals surface area (Å²) in [6.07, 6.45) is 4.30. The lowest BCUT2D eigenvalue weighted by Crippen LogP contribution is -2.29. The van der Waals surface area contributed by atoms with Crippen molar-refractivity contribution >= 4 is 5.91 Å². The lowest BCUT2D eigenvalue weighted by Gasteiger charge is -2.15. The molecule has 0 bridgehead atoms. The van der Waals surface area contributed by atoms with E-state index in [1.165, 1.54) is 0 Å². The summed E-state index contributed by atoms with van der Waals surface area (Å²) >= 11 is 0. The number of ether oxygens (including phenoxy) is 1. The Kier molecular flexibility index (Phi) is 3.39. The average Bonchev–Trinajstić information content (AvgIpc) is 2.83. The van der Waals surface area contributed by atoms with E-state index in [2.05, 4.69) is 4.98 Å². The first-order valence-electron chi connectivity index (χ1n) is 5.57. The summed E-state index contributed by atoms with van der Waals surface area (Å²) < 4.78 is 5.13. The van der Waals surface area contributed by atoms with Crippen molar-refractivity contribution in [1.82, 2.24) is 9.88 Å². The summed E-state index contributed by atoms with van der Waals surface area (Å²) in [7, 11) is 1.58. The number of pyridine rings is 1. The predicted octanol–water partition coefficient (Wildman–Crippen LogP) is 1.26. The lowest BCUT2D eigenvalue weighted by molar-refractivity contribution is -0.129. The van der Waals surface area contributed by atoms with Gasteiger partial charge in [0.1, 0.15) is 0 Å². The SMILES string of the molecule is COc1ncccc1CC(=O)N1CCCC1. The van der Waals surface area contributed by atoms with E-state index in [9.17, 15) is 4.79 Å². The number of carbonyl (C=O) groups is 1. The van der Waals surface area contributed by atoms with Crippen molar-refractivity contribution < 1.29 is 9.53 Å². The molecule has 0 aliphatic carbocycles. The molecule has 4 nitrogen and oxygen atoms in total. The van der Waals surface area contributed by atoms with E-state index in [0.717, 1.165) is 31.5 Å². The van der Waals surface area contributed by atoms with Crippen LogP contribution in [-0.4, -0.2) is 36.0 Å². The standard InChI is InChI=1S/C12H16N2O2/c1-16-12-10(5-4-6-13-12)9-11(15)14-7-2-3-8-14/h4-6H,2-3,7-9H2,1H3. The lowest BCUT2D eigenvalue weighted by atomic mass is 10.2. The minimum Gasteiger partial charge on any atom is -0.481 e. The number of carbonyl (C=O) groups excluding carboxylic acids is 1. The predicted molar refractivity (Wildman–Crippen MR) is 60.3 cm³/mol. The topological polar surface area (TPSA) is 42.4 Å². The van der Waals surface area contributed by atoms with Gasteiger partial charge >= 0.3 is 0 Å². The van der Waals surface area contributed by atoms with Crippen molar-refractivity contribution in [3.63, 3.8) is 0 Å². The van der Waals surface area contributed by atoms with Gasteiger partial charge in [-0.05, 0) is 18.9 Å². The second-order valence-corrected chi connectivity index (χ2v) is 3.94. The molecule has 0 radical (unpaired) electrons. The minimum absolute atomic E-state index is 0.170. The van der Waals surface area contributed by atoms with Crippen LogP contribution in [0.1, 0.15) is 18.4 Å². The summed E-state index contributed by atoms with van der Waals surface area (Å²) in [5.74, 6) is 0.721. The van der Waals surface area contributed by atoms with E-state index in [1.54, 1.807) is 13.3 Å². The molecular weight excluding hydrogens is 204 g/mol. The Balaban J connectivity index is 2.05. The van der Waals surface area contributed by atoms with Gasteiger partial charge in [0, 0.05) is 24.8 Å². The molecule has 16 heavy (non-hydrogen) atoms. The maximum absolute atomic E-state index is 11.9. The van der Waals surface area contributed by atoms with Gasteiger partial charge < -0.3 is 9.64 Å². The Morgan fingerprint density at radius 3 is 2.94 bits per heavy atom. The first-order valence-corrected chi connectivity index (χ1v) is 5.57. The molecule has 1 fully saturated rings. The summed E-state index contributed by atoms with van der Waals surface area (Å²) in [4.78, 5) is 17.9. The van der Waals surface area contributed by atoms with Crippen LogP contribution in [0.3, 0.4) is 0 Å². The van der Waals surface area contributed by atoms with Gasteiger partial charge in [-0.1, -0.05) is 6.07 Å². The highest BCUT2D eigenvalue weighted by atomic mass is 16.5. The van der Waals surface area contributed by atoms with E-state index < -0.39 is 0 Å². The summed E-state index contributed by atoms with van der Waals surface area (Å²) in [5, 5.41) is 0. The van der Waals surface area contributed by atoms with E-state index in [-0.39, 0.29) is 5.91 Å². The van der Waals surface area contributed by atoms with Gasteiger partial charge in [0.25, 0.3) is 0 Å². The minimum atomic E-state index is 0.170. The summed E-state index contributed by atoms with van der Waals surface area (Å²) in [6.45, 7) is 1.78. The normalized spacial score (nSPS) is 15.2. The number of hydrogen-bond donors (Lipinski definition) is 0. The number of nitrogens with zero attached hydrogens (tertiary/aromatic N) is 2. The molecule has 0 N–H and O–H groups in total. The van der Waals surface area contributed by atoms with Gasteiger partial charge in [-0.25, -0.2) is 4.98 Å². The zero-order chi connectivity index (χ0) is 11.4. The fourth-order valence-corrected chi connectivity index (χ4v) is 1.98. The molecule has 2 heterocycles. The number of likely N-dealkylation sites (tertiary alicyclic amines) is 1. The fourth-order valence-electron chi connectivity index (χ4n) is 1.98. The van der Waals surface area contributed by atoms with E-state index in [1.807, 2.05) is 17.0 Å². The molecule has 1 amide bonds. The molecule has 1 aliphatic rings. The van der Waals surface area contributed by atoms with Crippen LogP contribution in [0.25, 0.3) is 0 Å². The molecule has 4 heteroatoms. The molecule has 2 rings (SSSR count). The molecule has 86 valence electrons. The molecular formula is C12H16N2O2. The zero-order valence-corrected chi connectivity index (χ0v) is 9.48. The van der Waals surface area contributed by atoms with Crippen LogP contribution in [0.5, 0.6) is 5.88 Å². The maximum Gasteiger partial charge on any atom is 0.227 e. The molecule has 0 atom stereocenters. The third kappa shape index (κ3) is 2.32. The molecule has 1 saturated heterocycles. The van der Waals surface area contributed by atoms with Crippen LogP contribution < -0.4 is 4.74 Å². The first kappa shape index (κ1) is 10.9. The number of hydrogen-bond acceptors (Lipinski definition) is 3. The van der Waals surface area contributed by atoms with Gasteiger partial charge in [0.05, 0.1) is 13.5 Å². The Morgan fingerprint density at radius 1 is 1.50 bits per heavy atom. The van der Waals surface area contributed by atoms with Gasteiger partial charge in [0.15, 0.2) is 0 Å². The van der Waals surface area contributed by atoms with Gasteiger partial charge in [0.2, 0.25) is 11.8 Å². The molecule has 0 aromatic carbocycles. The second kappa shape index (κ2) is 4.96. The highest BCUT2D eigenvalue weighted by molar-refractivity contribution is 5.79. The third-order valence-corrected chi connectivity index (χ3v) is 2.84. The molecule has 1 aromatic heterocycles. The van der Waals surface area contributed by atoms with E-state index >= 15 is 0 Å². The van der Waals surface area contributed by atoms with Crippen molar-refractivity contribution in [3.05, 3.63) is 23.9 Å². The van der Waals surface area contributed by atoms with Crippen LogP contribution in [0.2, 0.25) is 0 Å². The van der Waals surface area contributed by atoms with Crippen LogP contribution in [0.15, 0.2) is 18.3 Å². The molecule has 1 aliphatic heterocycles. The molecule has 0 unspecified atom stereocenters. The Bertz CT molecular complexity index is 373. The molecule has 1 aromatic rings. The zero-order valence-electron chi connectivity index (χ0n) is 9.48. The van der Waals surface area contributed by atoms with Crippen LogP contribution >= 0.6 is 0 Å². The summed E-state index contributed by atoms with van der Waals surface area (Å²) in [5.41, 5.74) is 0.863. The van der Waals surface area contributed by atoms with E-state index in [0.29, 0.717) is 12.3 Å². The van der Waals surface area contributed by atoms with Gasteiger partial charge in [-0.2, -0.15) is 0 Å². The van der Waals surface area contributed by atoms with Crippen LogP contribution in [-0.2, 0) is 11.2 Å². The Hall–Kier alpha value is -1.58. The first-order chi connectivity index (χ1) is 7.81. The number of amides is 1. The van der Waals surface area contributed by atoms with Crippen molar-refractivity contribution in [3.8, 4) is 5.88 Å². The summed E-state index contributed by atoms with van der Waals surface area (Å²) in [6, 6.07) is 3.72. The highest BCUT2D eigenvalue weighted by Gasteiger charge is 2.19. The highest BCUT2D eigenvalue weighted by Crippen LogP contribution is 2.16. The number of rotatable bonds is 3. The largest absolute Gasteiger partial charge is 0.481 e. The van der Waals surface area contributed by atoms with Gasteiger partial charge in [-0.3, -0.25) is 4.79 Å². The van der Waals surface area contributed by atoms with Crippen molar-refractivity contribution in [2.75, 3.05) is 20.2 Å². The Labute approximate surface area is 95.2 Å². The van der Waals surface area contributed by atoms with Crippen molar-refractivity contribution in [2.24, 2.45) is 0 Å². The van der Waals surface area contributed by atoms with Gasteiger partial charge in [-0.15, -0.1) is 0 Å². The smallest absolute Gasteiger partial charge is 0.227 e.